The van der Waals surface area contributed by atoms with E-state index in [0.717, 1.165) is 0 Å². The molecule has 0 bridgehead atoms. The number of carbonyl (C=O) groups is 2. The monoisotopic (exact) mass is 294 g/mol. The Morgan fingerprint density at radius 3 is 2.48 bits per heavy atom. The van der Waals surface area contributed by atoms with Crippen molar-refractivity contribution in [3.8, 4) is 0 Å². The molecule has 0 aliphatic rings. The maximum atomic E-state index is 12.1. The van der Waals surface area contributed by atoms with Gasteiger partial charge in [0.15, 0.2) is 0 Å². The van der Waals surface area contributed by atoms with Gasteiger partial charge in [0.25, 0.3) is 5.56 Å². The third-order valence-corrected chi connectivity index (χ3v) is 3.90. The van der Waals surface area contributed by atoms with Crippen molar-refractivity contribution in [2.24, 2.45) is 11.3 Å². The molecule has 1 unspecified atom stereocenters. The molecule has 1 aromatic rings. The zero-order chi connectivity index (χ0) is 16.2. The number of aryl methyl sites for hydroxylation is 1. The van der Waals surface area contributed by atoms with E-state index in [4.69, 9.17) is 0 Å². The predicted molar refractivity (Wildman–Crippen MR) is 80.2 cm³/mol. The topological polar surface area (TPSA) is 88.4 Å². The number of amides is 1. The average molecular weight is 294 g/mol. The fourth-order valence-electron chi connectivity index (χ4n) is 1.92. The molecule has 116 valence electrons. The van der Waals surface area contributed by atoms with Crippen molar-refractivity contribution in [3.63, 3.8) is 0 Å². The zero-order valence-corrected chi connectivity index (χ0v) is 12.8. The molecule has 0 saturated carbocycles. The Kier molecular flexibility index (Phi) is 5.29. The number of carbonyl (C=O) groups excluding carboxylic acids is 1. The predicted octanol–water partition coefficient (Wildman–Crippen LogP) is 1.94. The van der Waals surface area contributed by atoms with E-state index in [1.807, 2.05) is 6.92 Å². The number of anilines is 1. The van der Waals surface area contributed by atoms with Gasteiger partial charge in [-0.05, 0) is 25.8 Å². The van der Waals surface area contributed by atoms with Crippen molar-refractivity contribution in [2.45, 2.75) is 40.7 Å². The van der Waals surface area contributed by atoms with E-state index >= 15 is 0 Å². The van der Waals surface area contributed by atoms with E-state index < -0.39 is 11.4 Å². The molecule has 1 heterocycles. The second kappa shape index (κ2) is 6.56. The van der Waals surface area contributed by atoms with Crippen molar-refractivity contribution < 1.29 is 14.7 Å². The van der Waals surface area contributed by atoms with Gasteiger partial charge in [0.05, 0.1) is 11.1 Å². The Bertz CT molecular complexity index is 592. The van der Waals surface area contributed by atoms with Gasteiger partial charge in [0, 0.05) is 25.2 Å². The molecule has 1 rings (SSSR count). The summed E-state index contributed by atoms with van der Waals surface area (Å²) in [7, 11) is 0. The molecule has 6 heteroatoms. The second-order valence-electron chi connectivity index (χ2n) is 5.64. The van der Waals surface area contributed by atoms with Crippen LogP contribution in [0.15, 0.2) is 23.1 Å². The van der Waals surface area contributed by atoms with Crippen molar-refractivity contribution in [3.05, 3.63) is 28.7 Å². The minimum Gasteiger partial charge on any atom is -0.481 e. The van der Waals surface area contributed by atoms with Crippen molar-refractivity contribution in [1.29, 1.82) is 0 Å². The van der Waals surface area contributed by atoms with Gasteiger partial charge in [-0.3, -0.25) is 14.4 Å². The zero-order valence-electron chi connectivity index (χ0n) is 12.8. The molecule has 0 fully saturated rings. The molecular formula is C15H22N2O4. The first-order valence-electron chi connectivity index (χ1n) is 6.94. The van der Waals surface area contributed by atoms with Crippen LogP contribution in [0.25, 0.3) is 0 Å². The summed E-state index contributed by atoms with van der Waals surface area (Å²) in [6.07, 6.45) is 1.43. The van der Waals surface area contributed by atoms with Crippen LogP contribution >= 0.6 is 0 Å². The molecule has 1 atom stereocenters. The number of pyridine rings is 1. The van der Waals surface area contributed by atoms with E-state index in [-0.39, 0.29) is 23.8 Å². The van der Waals surface area contributed by atoms with E-state index in [1.54, 1.807) is 27.0 Å². The smallest absolute Gasteiger partial charge is 0.310 e. The number of aromatic nitrogens is 1. The normalized spacial score (nSPS) is 13.8. The van der Waals surface area contributed by atoms with Gasteiger partial charge in [0.2, 0.25) is 5.91 Å². The first-order chi connectivity index (χ1) is 9.70. The molecule has 6 nitrogen and oxygen atoms in total. The van der Waals surface area contributed by atoms with Gasteiger partial charge in [0.1, 0.15) is 0 Å². The quantitative estimate of drug-likeness (QED) is 0.839. The van der Waals surface area contributed by atoms with Crippen LogP contribution in [0, 0.1) is 11.3 Å². The van der Waals surface area contributed by atoms with Crippen LogP contribution in [0.1, 0.15) is 34.1 Å². The summed E-state index contributed by atoms with van der Waals surface area (Å²) in [4.78, 5) is 34.9. The largest absolute Gasteiger partial charge is 0.481 e. The van der Waals surface area contributed by atoms with Crippen LogP contribution in [0.3, 0.4) is 0 Å². The minimum atomic E-state index is -1.12. The first-order valence-corrected chi connectivity index (χ1v) is 6.94. The van der Waals surface area contributed by atoms with Gasteiger partial charge in [-0.1, -0.05) is 13.8 Å². The Morgan fingerprint density at radius 2 is 2.00 bits per heavy atom. The first kappa shape index (κ1) is 16.9. The van der Waals surface area contributed by atoms with Gasteiger partial charge >= 0.3 is 5.97 Å². The molecule has 0 aliphatic carbocycles. The van der Waals surface area contributed by atoms with E-state index in [1.165, 1.54) is 16.7 Å². The Morgan fingerprint density at radius 1 is 1.38 bits per heavy atom. The van der Waals surface area contributed by atoms with Crippen LogP contribution in [-0.2, 0) is 16.1 Å². The second-order valence-corrected chi connectivity index (χ2v) is 5.64. The molecule has 0 aromatic carbocycles. The fourth-order valence-corrected chi connectivity index (χ4v) is 1.92. The van der Waals surface area contributed by atoms with E-state index in [2.05, 4.69) is 5.32 Å². The summed E-state index contributed by atoms with van der Waals surface area (Å²) in [5, 5.41) is 12.0. The highest BCUT2D eigenvalue weighted by Crippen LogP contribution is 2.31. The summed E-state index contributed by atoms with van der Waals surface area (Å²) >= 11 is 0. The number of aliphatic carboxylic acids is 1. The molecule has 0 radical (unpaired) electrons. The summed E-state index contributed by atoms with van der Waals surface area (Å²) in [5.74, 6) is -1.55. The maximum Gasteiger partial charge on any atom is 0.310 e. The molecule has 21 heavy (non-hydrogen) atoms. The number of carboxylic acid groups (broad SMARTS) is 1. The van der Waals surface area contributed by atoms with Crippen molar-refractivity contribution in [1.82, 2.24) is 4.57 Å². The molecule has 0 saturated heterocycles. The molecule has 0 spiro atoms. The SMILES string of the molecule is CCn1cc(NC(=O)CC(C)(C(=O)O)C(C)C)ccc1=O. The molecule has 1 aromatic heterocycles. The number of hydrogen-bond acceptors (Lipinski definition) is 3. The summed E-state index contributed by atoms with van der Waals surface area (Å²) < 4.78 is 1.47. The van der Waals surface area contributed by atoms with E-state index in [0.29, 0.717) is 12.2 Å². The van der Waals surface area contributed by atoms with Crippen LogP contribution < -0.4 is 10.9 Å². The van der Waals surface area contributed by atoms with Gasteiger partial charge < -0.3 is 15.0 Å². The third kappa shape index (κ3) is 3.93. The lowest BCUT2D eigenvalue weighted by Crippen LogP contribution is -2.37. The maximum absolute atomic E-state index is 12.1. The number of nitrogens with one attached hydrogen (secondary N) is 1. The lowest BCUT2D eigenvalue weighted by Gasteiger charge is -2.28. The van der Waals surface area contributed by atoms with Crippen LogP contribution in [0.5, 0.6) is 0 Å². The Hall–Kier alpha value is -2.11. The minimum absolute atomic E-state index is 0.120. The number of rotatable bonds is 6. The van der Waals surface area contributed by atoms with Gasteiger partial charge in [-0.15, -0.1) is 0 Å². The summed E-state index contributed by atoms with van der Waals surface area (Å²) in [6, 6.07) is 2.89. The number of hydrogen-bond donors (Lipinski definition) is 2. The Labute approximate surface area is 123 Å². The molecule has 2 N–H and O–H groups in total. The number of carboxylic acids is 1. The summed E-state index contributed by atoms with van der Waals surface area (Å²) in [5.41, 5.74) is -0.783. The average Bonchev–Trinajstić information content (AvgIpc) is 2.40. The standard InChI is InChI=1S/C15H22N2O4/c1-5-17-9-11(6-7-13(17)19)16-12(18)8-15(4,10(2)3)14(20)21/h6-7,9-10H,5,8H2,1-4H3,(H,16,18)(H,20,21). The van der Waals surface area contributed by atoms with Gasteiger partial charge in [-0.2, -0.15) is 0 Å². The van der Waals surface area contributed by atoms with E-state index in [9.17, 15) is 19.5 Å². The highest BCUT2D eigenvalue weighted by molar-refractivity contribution is 5.94. The van der Waals surface area contributed by atoms with Crippen molar-refractivity contribution >= 4 is 17.6 Å². The highest BCUT2D eigenvalue weighted by Gasteiger charge is 2.38. The number of nitrogens with zero attached hydrogens (tertiary/aromatic N) is 1. The third-order valence-electron chi connectivity index (χ3n) is 3.90. The Balaban J connectivity index is 2.87. The van der Waals surface area contributed by atoms with Crippen LogP contribution in [0.2, 0.25) is 0 Å². The molecule has 0 aliphatic heterocycles. The lowest BCUT2D eigenvalue weighted by molar-refractivity contribution is -0.153. The lowest BCUT2D eigenvalue weighted by atomic mass is 9.76. The van der Waals surface area contributed by atoms with Crippen LogP contribution in [-0.4, -0.2) is 21.6 Å². The summed E-state index contributed by atoms with van der Waals surface area (Å²) in [6.45, 7) is 7.44. The van der Waals surface area contributed by atoms with Gasteiger partial charge in [-0.25, -0.2) is 0 Å². The highest BCUT2D eigenvalue weighted by atomic mass is 16.4. The molecule has 1 amide bonds. The van der Waals surface area contributed by atoms with Crippen molar-refractivity contribution in [2.75, 3.05) is 5.32 Å². The van der Waals surface area contributed by atoms with Crippen LogP contribution in [0.4, 0.5) is 5.69 Å². The molecular weight excluding hydrogens is 272 g/mol. The fraction of sp³-hybridized carbons (Fsp3) is 0.533.